The van der Waals surface area contributed by atoms with Crippen molar-refractivity contribution >= 4 is 0 Å². The zero-order chi connectivity index (χ0) is 13.0. The molecule has 1 saturated heterocycles. The van der Waals surface area contributed by atoms with Crippen molar-refractivity contribution in [1.29, 1.82) is 0 Å². The van der Waals surface area contributed by atoms with E-state index in [1.54, 1.807) is 0 Å². The fraction of sp³-hybridized carbons (Fsp3) is 1.00. The smallest absolute Gasteiger partial charge is 0.0344 e. The number of hydrogen-bond acceptors (Lipinski definition) is 3. The van der Waals surface area contributed by atoms with Gasteiger partial charge in [0.25, 0.3) is 0 Å². The van der Waals surface area contributed by atoms with Crippen molar-refractivity contribution in [2.24, 2.45) is 11.7 Å². The van der Waals surface area contributed by atoms with Crippen molar-refractivity contribution in [2.75, 3.05) is 39.3 Å². The SMILES string of the molecule is CCN1CCCC(CN)(N(CC)CC2CC2)CC1. The summed E-state index contributed by atoms with van der Waals surface area (Å²) in [6, 6.07) is 0. The Balaban J connectivity index is 2.01. The molecule has 1 unspecified atom stereocenters. The quantitative estimate of drug-likeness (QED) is 0.785. The van der Waals surface area contributed by atoms with E-state index in [-0.39, 0.29) is 0 Å². The van der Waals surface area contributed by atoms with Crippen LogP contribution in [0.4, 0.5) is 0 Å². The van der Waals surface area contributed by atoms with E-state index >= 15 is 0 Å². The van der Waals surface area contributed by atoms with Gasteiger partial charge in [-0.2, -0.15) is 0 Å². The van der Waals surface area contributed by atoms with Crippen LogP contribution in [-0.4, -0.2) is 54.6 Å². The minimum Gasteiger partial charge on any atom is -0.329 e. The number of nitrogens with two attached hydrogens (primary N) is 1. The van der Waals surface area contributed by atoms with Crippen LogP contribution in [0.5, 0.6) is 0 Å². The molecule has 3 nitrogen and oxygen atoms in total. The Morgan fingerprint density at radius 3 is 2.56 bits per heavy atom. The molecular weight excluding hydrogens is 222 g/mol. The van der Waals surface area contributed by atoms with Crippen LogP contribution in [0.1, 0.15) is 46.0 Å². The second kappa shape index (κ2) is 6.36. The number of nitrogens with zero attached hydrogens (tertiary/aromatic N) is 2. The Morgan fingerprint density at radius 1 is 1.22 bits per heavy atom. The predicted molar refractivity (Wildman–Crippen MR) is 77.7 cm³/mol. The van der Waals surface area contributed by atoms with Gasteiger partial charge in [0.05, 0.1) is 0 Å². The van der Waals surface area contributed by atoms with E-state index < -0.39 is 0 Å². The van der Waals surface area contributed by atoms with E-state index in [1.807, 2.05) is 0 Å². The molecule has 0 amide bonds. The minimum absolute atomic E-state index is 0.293. The van der Waals surface area contributed by atoms with Gasteiger partial charge in [-0.05, 0) is 64.2 Å². The second-order valence-electron chi connectivity index (χ2n) is 6.20. The van der Waals surface area contributed by atoms with Crippen LogP contribution in [0.25, 0.3) is 0 Å². The lowest BCUT2D eigenvalue weighted by atomic mass is 9.88. The highest BCUT2D eigenvalue weighted by Gasteiger charge is 2.38. The molecule has 0 radical (unpaired) electrons. The molecule has 1 heterocycles. The van der Waals surface area contributed by atoms with Gasteiger partial charge in [0.1, 0.15) is 0 Å². The fourth-order valence-corrected chi connectivity index (χ4v) is 3.47. The van der Waals surface area contributed by atoms with E-state index in [0.29, 0.717) is 5.54 Å². The van der Waals surface area contributed by atoms with Crippen LogP contribution < -0.4 is 5.73 Å². The molecule has 0 aromatic heterocycles. The first-order valence-corrected chi connectivity index (χ1v) is 7.91. The largest absolute Gasteiger partial charge is 0.329 e. The average Bonchev–Trinajstić information content (AvgIpc) is 3.22. The van der Waals surface area contributed by atoms with Crippen molar-refractivity contribution in [1.82, 2.24) is 9.80 Å². The van der Waals surface area contributed by atoms with Gasteiger partial charge in [0.15, 0.2) is 0 Å². The monoisotopic (exact) mass is 253 g/mol. The summed E-state index contributed by atoms with van der Waals surface area (Å²) in [6.07, 6.45) is 6.75. The van der Waals surface area contributed by atoms with Gasteiger partial charge in [-0.15, -0.1) is 0 Å². The summed E-state index contributed by atoms with van der Waals surface area (Å²) in [5.74, 6) is 0.971. The van der Waals surface area contributed by atoms with Crippen LogP contribution in [0.2, 0.25) is 0 Å². The summed E-state index contributed by atoms with van der Waals surface area (Å²) < 4.78 is 0. The lowest BCUT2D eigenvalue weighted by molar-refractivity contribution is 0.0785. The molecule has 18 heavy (non-hydrogen) atoms. The molecule has 1 atom stereocenters. The van der Waals surface area contributed by atoms with Crippen molar-refractivity contribution in [3.8, 4) is 0 Å². The highest BCUT2D eigenvalue weighted by molar-refractivity contribution is 4.96. The number of rotatable bonds is 6. The highest BCUT2D eigenvalue weighted by Crippen LogP contribution is 2.35. The molecule has 1 aliphatic carbocycles. The van der Waals surface area contributed by atoms with Crippen molar-refractivity contribution in [3.63, 3.8) is 0 Å². The van der Waals surface area contributed by atoms with E-state index in [1.165, 1.54) is 64.8 Å². The Labute approximate surface area is 113 Å². The lowest BCUT2D eigenvalue weighted by Gasteiger charge is -2.43. The van der Waals surface area contributed by atoms with Gasteiger partial charge in [-0.25, -0.2) is 0 Å². The first kappa shape index (κ1) is 14.3. The Morgan fingerprint density at radius 2 is 2.00 bits per heavy atom. The molecule has 0 spiro atoms. The third-order valence-electron chi connectivity index (χ3n) is 5.07. The Bertz CT molecular complexity index is 252. The van der Waals surface area contributed by atoms with Crippen molar-refractivity contribution < 1.29 is 0 Å². The number of likely N-dealkylation sites (N-methyl/N-ethyl adjacent to an activating group) is 1. The van der Waals surface area contributed by atoms with Crippen LogP contribution in [0, 0.1) is 5.92 Å². The molecule has 1 saturated carbocycles. The topological polar surface area (TPSA) is 32.5 Å². The minimum atomic E-state index is 0.293. The summed E-state index contributed by atoms with van der Waals surface area (Å²) in [5.41, 5.74) is 6.50. The summed E-state index contributed by atoms with van der Waals surface area (Å²) in [4.78, 5) is 5.30. The van der Waals surface area contributed by atoms with Gasteiger partial charge >= 0.3 is 0 Å². The van der Waals surface area contributed by atoms with Crippen LogP contribution in [0.3, 0.4) is 0 Å². The zero-order valence-corrected chi connectivity index (χ0v) is 12.3. The number of likely N-dealkylation sites (tertiary alicyclic amines) is 1. The van der Waals surface area contributed by atoms with Gasteiger partial charge < -0.3 is 10.6 Å². The zero-order valence-electron chi connectivity index (χ0n) is 12.3. The first-order valence-electron chi connectivity index (χ1n) is 7.91. The number of hydrogen-bond donors (Lipinski definition) is 1. The maximum Gasteiger partial charge on any atom is 0.0344 e. The Hall–Kier alpha value is -0.120. The summed E-state index contributed by atoms with van der Waals surface area (Å²) in [5, 5.41) is 0. The molecule has 2 fully saturated rings. The molecule has 0 aromatic carbocycles. The van der Waals surface area contributed by atoms with E-state index in [2.05, 4.69) is 23.6 Å². The summed E-state index contributed by atoms with van der Waals surface area (Å²) >= 11 is 0. The highest BCUT2D eigenvalue weighted by atomic mass is 15.2. The molecule has 1 aliphatic heterocycles. The lowest BCUT2D eigenvalue weighted by Crippen LogP contribution is -2.55. The first-order chi connectivity index (χ1) is 8.74. The molecule has 0 aromatic rings. The molecule has 2 rings (SSSR count). The molecular formula is C15H31N3. The van der Waals surface area contributed by atoms with Crippen molar-refractivity contribution in [2.45, 2.75) is 51.5 Å². The maximum absolute atomic E-state index is 6.21. The van der Waals surface area contributed by atoms with Crippen molar-refractivity contribution in [3.05, 3.63) is 0 Å². The Kier molecular flexibility index (Phi) is 5.05. The summed E-state index contributed by atoms with van der Waals surface area (Å²) in [7, 11) is 0. The average molecular weight is 253 g/mol. The molecule has 0 bridgehead atoms. The van der Waals surface area contributed by atoms with Crippen LogP contribution in [-0.2, 0) is 0 Å². The maximum atomic E-state index is 6.21. The van der Waals surface area contributed by atoms with Gasteiger partial charge in [0, 0.05) is 18.6 Å². The normalized spacial score (nSPS) is 30.7. The molecule has 2 aliphatic rings. The van der Waals surface area contributed by atoms with Gasteiger partial charge in [-0.1, -0.05) is 13.8 Å². The summed E-state index contributed by atoms with van der Waals surface area (Å²) in [6.45, 7) is 11.6. The standard InChI is InChI=1S/C15H31N3/c1-3-17-10-5-8-15(13-16,9-11-17)18(4-2)12-14-6-7-14/h14H,3-13,16H2,1-2H3. The van der Waals surface area contributed by atoms with Gasteiger partial charge in [0.2, 0.25) is 0 Å². The van der Waals surface area contributed by atoms with E-state index in [0.717, 1.165) is 12.5 Å². The van der Waals surface area contributed by atoms with E-state index in [4.69, 9.17) is 5.73 Å². The van der Waals surface area contributed by atoms with Crippen LogP contribution in [0.15, 0.2) is 0 Å². The molecule has 106 valence electrons. The predicted octanol–water partition coefficient (Wildman–Crippen LogP) is 1.92. The second-order valence-corrected chi connectivity index (χ2v) is 6.20. The third kappa shape index (κ3) is 3.25. The molecule has 3 heteroatoms. The molecule has 2 N–H and O–H groups in total. The van der Waals surface area contributed by atoms with Crippen LogP contribution >= 0.6 is 0 Å². The van der Waals surface area contributed by atoms with Gasteiger partial charge in [-0.3, -0.25) is 4.90 Å². The fourth-order valence-electron chi connectivity index (χ4n) is 3.47. The van der Waals surface area contributed by atoms with E-state index in [9.17, 15) is 0 Å². The third-order valence-corrected chi connectivity index (χ3v) is 5.07.